The van der Waals surface area contributed by atoms with E-state index in [1.165, 1.54) is 10.4 Å². The molecule has 0 spiro atoms. The third-order valence-corrected chi connectivity index (χ3v) is 1.90. The molecule has 1 aromatic rings. The Morgan fingerprint density at radius 1 is 1.09 bits per heavy atom. The van der Waals surface area contributed by atoms with Crippen molar-refractivity contribution in [3.63, 3.8) is 0 Å². The molecular weight excluding hydrogens is 136 g/mol. The molecule has 0 saturated heterocycles. The number of hydrogen-bond donors (Lipinski definition) is 0. The fraction of sp³-hybridized carbons (Fsp3) is 0.100. The van der Waals surface area contributed by atoms with Gasteiger partial charge in [0.2, 0.25) is 0 Å². The Labute approximate surface area is 64.7 Å². The molecule has 0 fully saturated rings. The molecule has 11 heavy (non-hydrogen) atoms. The summed E-state index contributed by atoms with van der Waals surface area (Å²) in [5, 5.41) is 2.34. The maximum atomic E-state index is 10.4. The molecule has 1 nitrogen and oxygen atoms in total. The fourth-order valence-electron chi connectivity index (χ4n) is 1.36. The van der Waals surface area contributed by atoms with Gasteiger partial charge in [0.25, 0.3) is 0 Å². The maximum Gasteiger partial charge on any atom is 0.130 e. The molecule has 54 valence electrons. The lowest BCUT2D eigenvalue weighted by Gasteiger charge is -1.84. The summed E-state index contributed by atoms with van der Waals surface area (Å²) in [7, 11) is 0. The van der Waals surface area contributed by atoms with E-state index in [0.29, 0.717) is 0 Å². The quantitative estimate of drug-likeness (QED) is 0.510. The highest BCUT2D eigenvalue weighted by Crippen LogP contribution is 1.98. The van der Waals surface area contributed by atoms with Gasteiger partial charge < -0.3 is 4.79 Å². The Bertz CT molecular complexity index is 355. The van der Waals surface area contributed by atoms with E-state index in [-0.39, 0.29) is 5.92 Å². The number of rotatable bonds is 1. The second-order valence-electron chi connectivity index (χ2n) is 2.68. The van der Waals surface area contributed by atoms with Gasteiger partial charge in [-0.25, -0.2) is 0 Å². The van der Waals surface area contributed by atoms with E-state index in [1.54, 1.807) is 0 Å². The molecule has 1 heteroatoms. The summed E-state index contributed by atoms with van der Waals surface area (Å²) in [4.78, 5) is 10.4. The van der Waals surface area contributed by atoms with Crippen LogP contribution < -0.4 is 10.4 Å². The van der Waals surface area contributed by atoms with Crippen molar-refractivity contribution in [3.8, 4) is 0 Å². The molecular formula is C10H8O. The zero-order valence-corrected chi connectivity index (χ0v) is 6.03. The van der Waals surface area contributed by atoms with Crippen molar-refractivity contribution in [2.75, 3.05) is 0 Å². The van der Waals surface area contributed by atoms with Crippen LogP contribution in [-0.4, -0.2) is 6.29 Å². The largest absolute Gasteiger partial charge is 0.302 e. The van der Waals surface area contributed by atoms with Crippen molar-refractivity contribution in [2.45, 2.75) is 0 Å². The summed E-state index contributed by atoms with van der Waals surface area (Å²) in [5.74, 6) is -0.00704. The molecule has 0 N–H and O–H groups in total. The van der Waals surface area contributed by atoms with E-state index < -0.39 is 0 Å². The first kappa shape index (κ1) is 6.35. The molecule has 0 atom stereocenters. The minimum absolute atomic E-state index is 0.00704. The van der Waals surface area contributed by atoms with Crippen LogP contribution in [0, 0.1) is 5.92 Å². The maximum absolute atomic E-state index is 10.4. The van der Waals surface area contributed by atoms with Crippen molar-refractivity contribution >= 4 is 18.4 Å². The van der Waals surface area contributed by atoms with Crippen LogP contribution in [0.2, 0.25) is 0 Å². The number of aldehydes is 1. The highest BCUT2D eigenvalue weighted by Gasteiger charge is 2.03. The second kappa shape index (κ2) is 2.35. The molecule has 0 heterocycles. The molecule has 0 aliphatic heterocycles. The molecule has 0 unspecified atom stereocenters. The second-order valence-corrected chi connectivity index (χ2v) is 2.68. The third-order valence-electron chi connectivity index (χ3n) is 1.90. The standard InChI is InChI=1S/C10H8O/c11-7-8-5-9-3-1-2-4-10(9)6-8/h1-8H. The van der Waals surface area contributed by atoms with Crippen molar-refractivity contribution in [3.05, 3.63) is 34.7 Å². The van der Waals surface area contributed by atoms with Crippen LogP contribution in [0.25, 0.3) is 12.2 Å². The van der Waals surface area contributed by atoms with Crippen LogP contribution in [0.4, 0.5) is 0 Å². The Morgan fingerprint density at radius 3 is 2.09 bits per heavy atom. The predicted octanol–water partition coefficient (Wildman–Crippen LogP) is 0.0763. The molecule has 0 radical (unpaired) electrons. The first-order valence-corrected chi connectivity index (χ1v) is 3.64. The average Bonchev–Trinajstić information content (AvgIpc) is 2.46. The summed E-state index contributed by atoms with van der Waals surface area (Å²) < 4.78 is 0. The fourth-order valence-corrected chi connectivity index (χ4v) is 1.36. The van der Waals surface area contributed by atoms with Gasteiger partial charge in [-0.3, -0.25) is 0 Å². The van der Waals surface area contributed by atoms with Gasteiger partial charge in [0.05, 0.1) is 5.92 Å². The van der Waals surface area contributed by atoms with Gasteiger partial charge in [-0.15, -0.1) is 0 Å². The summed E-state index contributed by atoms with van der Waals surface area (Å²) in [6.45, 7) is 0. The third kappa shape index (κ3) is 0.984. The number of carbonyl (C=O) groups is 1. The lowest BCUT2D eigenvalue weighted by molar-refractivity contribution is -0.108. The minimum Gasteiger partial charge on any atom is -0.302 e. The van der Waals surface area contributed by atoms with Gasteiger partial charge in [-0.05, 0) is 10.4 Å². The van der Waals surface area contributed by atoms with E-state index in [0.717, 1.165) is 6.29 Å². The zero-order valence-electron chi connectivity index (χ0n) is 6.03. The summed E-state index contributed by atoms with van der Waals surface area (Å²) >= 11 is 0. The Morgan fingerprint density at radius 2 is 1.64 bits per heavy atom. The van der Waals surface area contributed by atoms with Gasteiger partial charge in [-0.2, -0.15) is 0 Å². The minimum atomic E-state index is -0.00704. The van der Waals surface area contributed by atoms with Gasteiger partial charge in [0.1, 0.15) is 6.29 Å². The van der Waals surface area contributed by atoms with Crippen molar-refractivity contribution < 1.29 is 4.79 Å². The molecule has 1 aromatic carbocycles. The molecule has 0 bridgehead atoms. The van der Waals surface area contributed by atoms with E-state index in [2.05, 4.69) is 0 Å². The molecule has 1 aliphatic rings. The SMILES string of the molecule is O=CC1C=c2ccccc2=C1. The summed E-state index contributed by atoms with van der Waals surface area (Å²) in [6, 6.07) is 8.01. The Kier molecular flexibility index (Phi) is 1.35. The lowest BCUT2D eigenvalue weighted by Crippen LogP contribution is -2.19. The van der Waals surface area contributed by atoms with E-state index >= 15 is 0 Å². The van der Waals surface area contributed by atoms with Crippen LogP contribution in [-0.2, 0) is 4.79 Å². The molecule has 0 saturated carbocycles. The lowest BCUT2D eigenvalue weighted by atomic mass is 10.2. The highest BCUT2D eigenvalue weighted by atomic mass is 16.1. The molecule has 1 aliphatic carbocycles. The van der Waals surface area contributed by atoms with E-state index in [4.69, 9.17) is 0 Å². The van der Waals surface area contributed by atoms with Crippen molar-refractivity contribution in [2.24, 2.45) is 5.92 Å². The van der Waals surface area contributed by atoms with Gasteiger partial charge in [-0.1, -0.05) is 36.4 Å². The molecule has 0 aromatic heterocycles. The predicted molar refractivity (Wildman–Crippen MR) is 44.2 cm³/mol. The van der Waals surface area contributed by atoms with E-state index in [9.17, 15) is 4.79 Å². The first-order valence-electron chi connectivity index (χ1n) is 3.64. The average molecular weight is 144 g/mol. The number of benzene rings is 1. The van der Waals surface area contributed by atoms with Crippen molar-refractivity contribution in [1.82, 2.24) is 0 Å². The van der Waals surface area contributed by atoms with Gasteiger partial charge in [0, 0.05) is 0 Å². The Balaban J connectivity index is 2.70. The zero-order chi connectivity index (χ0) is 7.68. The van der Waals surface area contributed by atoms with Crippen LogP contribution in [0.1, 0.15) is 0 Å². The Hall–Kier alpha value is -1.37. The molecule has 2 rings (SSSR count). The van der Waals surface area contributed by atoms with Gasteiger partial charge >= 0.3 is 0 Å². The monoisotopic (exact) mass is 144 g/mol. The first-order chi connectivity index (χ1) is 5.40. The number of fused-ring (bicyclic) bond motifs is 1. The van der Waals surface area contributed by atoms with Crippen LogP contribution in [0.5, 0.6) is 0 Å². The smallest absolute Gasteiger partial charge is 0.130 e. The van der Waals surface area contributed by atoms with Crippen LogP contribution >= 0.6 is 0 Å². The topological polar surface area (TPSA) is 17.1 Å². The normalized spacial score (nSPS) is 14.9. The van der Waals surface area contributed by atoms with E-state index in [1.807, 2.05) is 36.4 Å². The van der Waals surface area contributed by atoms with Crippen LogP contribution in [0.3, 0.4) is 0 Å². The number of carbonyl (C=O) groups excluding carboxylic acids is 1. The highest BCUT2D eigenvalue weighted by molar-refractivity contribution is 5.76. The molecule has 0 amide bonds. The van der Waals surface area contributed by atoms with Gasteiger partial charge in [0.15, 0.2) is 0 Å². The van der Waals surface area contributed by atoms with Crippen LogP contribution in [0.15, 0.2) is 24.3 Å². The van der Waals surface area contributed by atoms with Crippen molar-refractivity contribution in [1.29, 1.82) is 0 Å². The summed E-state index contributed by atoms with van der Waals surface area (Å²) in [6.07, 6.45) is 4.91. The number of hydrogen-bond acceptors (Lipinski definition) is 1. The summed E-state index contributed by atoms with van der Waals surface area (Å²) in [5.41, 5.74) is 0.